The van der Waals surface area contributed by atoms with Crippen molar-refractivity contribution in [3.8, 4) is 0 Å². The van der Waals surface area contributed by atoms with Crippen molar-refractivity contribution in [1.29, 1.82) is 0 Å². The monoisotopic (exact) mass is 287 g/mol. The second-order valence-electron chi connectivity index (χ2n) is 5.05. The highest BCUT2D eigenvalue weighted by molar-refractivity contribution is 5.79. The van der Waals surface area contributed by atoms with Crippen LogP contribution in [-0.2, 0) is 17.4 Å². The first-order valence-electron chi connectivity index (χ1n) is 6.45. The molecule has 0 aromatic heterocycles. The highest BCUT2D eigenvalue weighted by atomic mass is 19.4. The number of carbonyl (C=O) groups excluding carboxylic acids is 1. The van der Waals surface area contributed by atoms with Gasteiger partial charge >= 0.3 is 6.18 Å². The first kappa shape index (κ1) is 14.8. The third-order valence-corrected chi connectivity index (χ3v) is 3.51. The summed E-state index contributed by atoms with van der Waals surface area (Å²) in [5.41, 5.74) is -0.380. The molecule has 1 amide bonds. The summed E-state index contributed by atoms with van der Waals surface area (Å²) >= 11 is 0. The number of amides is 1. The van der Waals surface area contributed by atoms with Gasteiger partial charge in [0.1, 0.15) is 0 Å². The minimum atomic E-state index is -4.39. The molecular formula is C14H16F3NO2. The van der Waals surface area contributed by atoms with E-state index in [-0.39, 0.29) is 24.9 Å². The molecule has 6 heteroatoms. The molecule has 1 N–H and O–H groups in total. The standard InChI is InChI=1S/C14H16F3NO2/c15-14(16,17)12-3-1-2-10(6-12)7-13(20)18-5-4-11(8-18)9-19/h1-3,6,11,19H,4-5,7-9H2. The molecule has 1 aliphatic heterocycles. The van der Waals surface area contributed by atoms with Gasteiger partial charge in [-0.2, -0.15) is 13.2 Å². The molecule has 0 aliphatic carbocycles. The fourth-order valence-electron chi connectivity index (χ4n) is 2.35. The van der Waals surface area contributed by atoms with Gasteiger partial charge < -0.3 is 10.0 Å². The Labute approximate surface area is 115 Å². The van der Waals surface area contributed by atoms with Gasteiger partial charge in [-0.1, -0.05) is 18.2 Å². The van der Waals surface area contributed by atoms with Crippen LogP contribution in [-0.4, -0.2) is 35.6 Å². The fourth-order valence-corrected chi connectivity index (χ4v) is 2.35. The summed E-state index contributed by atoms with van der Waals surface area (Å²) in [6.07, 6.45) is -3.69. The molecule has 0 spiro atoms. The first-order valence-corrected chi connectivity index (χ1v) is 6.45. The smallest absolute Gasteiger partial charge is 0.396 e. The molecular weight excluding hydrogens is 271 g/mol. The third kappa shape index (κ3) is 3.50. The van der Waals surface area contributed by atoms with Crippen LogP contribution < -0.4 is 0 Å². The van der Waals surface area contributed by atoms with Gasteiger partial charge in [-0.3, -0.25) is 4.79 Å². The zero-order valence-corrected chi connectivity index (χ0v) is 10.9. The summed E-state index contributed by atoms with van der Waals surface area (Å²) in [5, 5.41) is 9.02. The van der Waals surface area contributed by atoms with Crippen LogP contribution in [0.5, 0.6) is 0 Å². The van der Waals surface area contributed by atoms with Gasteiger partial charge in [0.25, 0.3) is 0 Å². The molecule has 110 valence electrons. The number of alkyl halides is 3. The average Bonchev–Trinajstić information content (AvgIpc) is 2.87. The van der Waals surface area contributed by atoms with Crippen LogP contribution in [0.2, 0.25) is 0 Å². The number of likely N-dealkylation sites (tertiary alicyclic amines) is 1. The van der Waals surface area contributed by atoms with Gasteiger partial charge in [-0.15, -0.1) is 0 Å². The van der Waals surface area contributed by atoms with E-state index in [1.54, 1.807) is 4.90 Å². The van der Waals surface area contributed by atoms with Crippen molar-refractivity contribution in [3.05, 3.63) is 35.4 Å². The summed E-state index contributed by atoms with van der Waals surface area (Å²) in [6.45, 7) is 1.07. The second-order valence-corrected chi connectivity index (χ2v) is 5.05. The number of aliphatic hydroxyl groups excluding tert-OH is 1. The lowest BCUT2D eigenvalue weighted by Crippen LogP contribution is -2.30. The van der Waals surface area contributed by atoms with Crippen LogP contribution in [0.25, 0.3) is 0 Å². The summed E-state index contributed by atoms with van der Waals surface area (Å²) in [5.74, 6) is -0.110. The Kier molecular flexibility index (Phi) is 4.32. The van der Waals surface area contributed by atoms with Crippen LogP contribution in [0.1, 0.15) is 17.5 Å². The van der Waals surface area contributed by atoms with E-state index < -0.39 is 11.7 Å². The van der Waals surface area contributed by atoms with Crippen molar-refractivity contribution < 1.29 is 23.1 Å². The van der Waals surface area contributed by atoms with Gasteiger partial charge in [0.15, 0.2) is 0 Å². The lowest BCUT2D eigenvalue weighted by atomic mass is 10.1. The van der Waals surface area contributed by atoms with E-state index in [9.17, 15) is 18.0 Å². The van der Waals surface area contributed by atoms with E-state index >= 15 is 0 Å². The second kappa shape index (κ2) is 5.83. The quantitative estimate of drug-likeness (QED) is 0.924. The maximum absolute atomic E-state index is 12.6. The SMILES string of the molecule is O=C(Cc1cccc(C(F)(F)F)c1)N1CCC(CO)C1. The van der Waals surface area contributed by atoms with Gasteiger partial charge in [0.05, 0.1) is 12.0 Å². The van der Waals surface area contributed by atoms with Gasteiger partial charge in [-0.25, -0.2) is 0 Å². The minimum Gasteiger partial charge on any atom is -0.396 e. The Morgan fingerprint density at radius 2 is 2.15 bits per heavy atom. The van der Waals surface area contributed by atoms with Crippen molar-refractivity contribution in [3.63, 3.8) is 0 Å². The van der Waals surface area contributed by atoms with Gasteiger partial charge in [0, 0.05) is 25.6 Å². The third-order valence-electron chi connectivity index (χ3n) is 3.51. The maximum Gasteiger partial charge on any atom is 0.416 e. The molecule has 1 saturated heterocycles. The molecule has 1 aliphatic rings. The van der Waals surface area contributed by atoms with Crippen LogP contribution in [0.3, 0.4) is 0 Å². The molecule has 0 radical (unpaired) electrons. The molecule has 2 rings (SSSR count). The Balaban J connectivity index is 2.02. The Morgan fingerprint density at radius 1 is 1.40 bits per heavy atom. The molecule has 3 nitrogen and oxygen atoms in total. The minimum absolute atomic E-state index is 0.0351. The van der Waals surface area contributed by atoms with Crippen molar-refractivity contribution in [2.24, 2.45) is 5.92 Å². The van der Waals surface area contributed by atoms with Gasteiger partial charge in [0.2, 0.25) is 5.91 Å². The van der Waals surface area contributed by atoms with Crippen molar-refractivity contribution >= 4 is 5.91 Å². The zero-order valence-electron chi connectivity index (χ0n) is 10.9. The van der Waals surface area contributed by atoms with Crippen LogP contribution in [0.4, 0.5) is 13.2 Å². The Hall–Kier alpha value is -1.56. The van der Waals surface area contributed by atoms with Crippen LogP contribution in [0.15, 0.2) is 24.3 Å². The van der Waals surface area contributed by atoms with E-state index in [0.29, 0.717) is 18.7 Å². The Morgan fingerprint density at radius 3 is 2.75 bits per heavy atom. The molecule has 20 heavy (non-hydrogen) atoms. The largest absolute Gasteiger partial charge is 0.416 e. The van der Waals surface area contributed by atoms with E-state index in [4.69, 9.17) is 5.11 Å². The Bertz CT molecular complexity index is 488. The molecule has 1 atom stereocenters. The number of aliphatic hydroxyl groups is 1. The molecule has 1 unspecified atom stereocenters. The number of halogens is 3. The number of nitrogens with zero attached hydrogens (tertiary/aromatic N) is 1. The average molecular weight is 287 g/mol. The van der Waals surface area contributed by atoms with E-state index in [2.05, 4.69) is 0 Å². The maximum atomic E-state index is 12.6. The predicted molar refractivity (Wildman–Crippen MR) is 66.9 cm³/mol. The molecule has 1 aromatic carbocycles. The number of hydrogen-bond donors (Lipinski definition) is 1. The molecule has 0 saturated carbocycles. The van der Waals surface area contributed by atoms with E-state index in [0.717, 1.165) is 18.6 Å². The highest BCUT2D eigenvalue weighted by Crippen LogP contribution is 2.29. The highest BCUT2D eigenvalue weighted by Gasteiger charge is 2.31. The van der Waals surface area contributed by atoms with E-state index in [1.165, 1.54) is 12.1 Å². The van der Waals surface area contributed by atoms with E-state index in [1.807, 2.05) is 0 Å². The lowest BCUT2D eigenvalue weighted by Gasteiger charge is -2.16. The van der Waals surface area contributed by atoms with Gasteiger partial charge in [-0.05, 0) is 18.1 Å². The molecule has 1 aromatic rings. The topological polar surface area (TPSA) is 40.5 Å². The molecule has 1 fully saturated rings. The summed E-state index contributed by atoms with van der Waals surface area (Å²) in [7, 11) is 0. The first-order chi connectivity index (χ1) is 9.40. The van der Waals surface area contributed by atoms with Crippen molar-refractivity contribution in [1.82, 2.24) is 4.90 Å². The van der Waals surface area contributed by atoms with Crippen LogP contribution >= 0.6 is 0 Å². The summed E-state index contributed by atoms with van der Waals surface area (Å²) in [4.78, 5) is 13.6. The van der Waals surface area contributed by atoms with Crippen LogP contribution in [0, 0.1) is 5.92 Å². The van der Waals surface area contributed by atoms with Crippen molar-refractivity contribution in [2.75, 3.05) is 19.7 Å². The number of hydrogen-bond acceptors (Lipinski definition) is 2. The van der Waals surface area contributed by atoms with Crippen molar-refractivity contribution in [2.45, 2.75) is 19.0 Å². The molecule has 0 bridgehead atoms. The summed E-state index contributed by atoms with van der Waals surface area (Å²) in [6, 6.07) is 4.84. The molecule has 1 heterocycles. The zero-order chi connectivity index (χ0) is 14.8. The summed E-state index contributed by atoms with van der Waals surface area (Å²) < 4.78 is 37.7. The normalized spacial score (nSPS) is 19.4. The number of carbonyl (C=O) groups is 1. The lowest BCUT2D eigenvalue weighted by molar-refractivity contribution is -0.138. The predicted octanol–water partition coefficient (Wildman–Crippen LogP) is 2.09. The number of rotatable bonds is 3. The fraction of sp³-hybridized carbons (Fsp3) is 0.500. The number of benzene rings is 1.